The smallest absolute Gasteiger partial charge is 0.150 e. The largest absolute Gasteiger partial charge is 0.310 e. The summed E-state index contributed by atoms with van der Waals surface area (Å²) in [6.07, 6.45) is 1.64. The molecule has 2 atom stereocenters. The predicted octanol–water partition coefficient (Wildman–Crippen LogP) is 3.12. The molecule has 1 aromatic carbocycles. The number of halogens is 1. The third-order valence-corrected chi connectivity index (χ3v) is 6.19. The van der Waals surface area contributed by atoms with E-state index in [0.29, 0.717) is 11.5 Å². The highest BCUT2D eigenvalue weighted by molar-refractivity contribution is 7.91. The van der Waals surface area contributed by atoms with Crippen LogP contribution in [0.25, 0.3) is 0 Å². The minimum Gasteiger partial charge on any atom is -0.310 e. The van der Waals surface area contributed by atoms with E-state index in [1.807, 2.05) is 19.1 Å². The van der Waals surface area contributed by atoms with E-state index in [4.69, 9.17) is 11.6 Å². The lowest BCUT2D eigenvalue weighted by Gasteiger charge is -2.22. The molecule has 1 saturated heterocycles. The first-order chi connectivity index (χ1) is 9.41. The van der Waals surface area contributed by atoms with Crippen molar-refractivity contribution in [2.24, 2.45) is 5.92 Å². The topological polar surface area (TPSA) is 46.2 Å². The highest BCUT2D eigenvalue weighted by atomic mass is 35.5. The molecule has 20 heavy (non-hydrogen) atoms. The van der Waals surface area contributed by atoms with Crippen molar-refractivity contribution in [1.82, 2.24) is 5.32 Å². The summed E-state index contributed by atoms with van der Waals surface area (Å²) in [6, 6.07) is 6.27. The van der Waals surface area contributed by atoms with Gasteiger partial charge < -0.3 is 5.32 Å². The zero-order chi connectivity index (χ0) is 14.8. The summed E-state index contributed by atoms with van der Waals surface area (Å²) in [5.41, 5.74) is 2.21. The van der Waals surface area contributed by atoms with Gasteiger partial charge in [-0.05, 0) is 49.4 Å². The average molecular weight is 316 g/mol. The maximum atomic E-state index is 11.6. The average Bonchev–Trinajstić information content (AvgIpc) is 2.72. The van der Waals surface area contributed by atoms with Crippen LogP contribution in [0.3, 0.4) is 0 Å². The molecule has 1 N–H and O–H groups in total. The van der Waals surface area contributed by atoms with E-state index in [1.165, 1.54) is 0 Å². The van der Waals surface area contributed by atoms with Gasteiger partial charge in [0.2, 0.25) is 0 Å². The molecule has 5 heteroatoms. The van der Waals surface area contributed by atoms with Crippen LogP contribution in [0.1, 0.15) is 36.9 Å². The van der Waals surface area contributed by atoms with Gasteiger partial charge >= 0.3 is 0 Å². The summed E-state index contributed by atoms with van der Waals surface area (Å²) < 4.78 is 23.1. The number of hydrogen-bond donors (Lipinski definition) is 1. The van der Waals surface area contributed by atoms with Crippen LogP contribution < -0.4 is 5.32 Å². The quantitative estimate of drug-likeness (QED) is 0.908. The van der Waals surface area contributed by atoms with E-state index in [-0.39, 0.29) is 12.0 Å². The molecule has 112 valence electrons. The van der Waals surface area contributed by atoms with Gasteiger partial charge in [0, 0.05) is 11.1 Å². The molecule has 0 aliphatic carbocycles. The molecular formula is C15H22ClNO2S. The van der Waals surface area contributed by atoms with Crippen LogP contribution in [-0.4, -0.2) is 26.5 Å². The second-order valence-corrected chi connectivity index (χ2v) is 8.26. The van der Waals surface area contributed by atoms with Gasteiger partial charge in [0.05, 0.1) is 11.5 Å². The van der Waals surface area contributed by atoms with E-state index in [9.17, 15) is 8.42 Å². The fraction of sp³-hybridized carbons (Fsp3) is 0.600. The van der Waals surface area contributed by atoms with Crippen LogP contribution in [0.2, 0.25) is 5.02 Å². The van der Waals surface area contributed by atoms with Crippen LogP contribution in [0.15, 0.2) is 18.2 Å². The Morgan fingerprint density at radius 2 is 2.20 bits per heavy atom. The molecule has 0 spiro atoms. The van der Waals surface area contributed by atoms with Gasteiger partial charge in [-0.3, -0.25) is 0 Å². The van der Waals surface area contributed by atoms with Gasteiger partial charge in [0.15, 0.2) is 9.84 Å². The molecule has 2 rings (SSSR count). The van der Waals surface area contributed by atoms with Crippen LogP contribution >= 0.6 is 11.6 Å². The van der Waals surface area contributed by atoms with Crippen LogP contribution in [0.5, 0.6) is 0 Å². The highest BCUT2D eigenvalue weighted by Crippen LogP contribution is 2.30. The molecule has 1 fully saturated rings. The minimum atomic E-state index is -2.81. The van der Waals surface area contributed by atoms with Crippen molar-refractivity contribution in [3.8, 4) is 0 Å². The van der Waals surface area contributed by atoms with Crippen molar-refractivity contribution in [3.63, 3.8) is 0 Å². The molecule has 3 nitrogen and oxygen atoms in total. The fourth-order valence-corrected chi connectivity index (χ4v) is 4.87. The zero-order valence-electron chi connectivity index (χ0n) is 12.0. The molecule has 2 unspecified atom stereocenters. The monoisotopic (exact) mass is 315 g/mol. The number of hydrogen-bond acceptors (Lipinski definition) is 3. The van der Waals surface area contributed by atoms with Crippen LogP contribution in [0.4, 0.5) is 0 Å². The van der Waals surface area contributed by atoms with E-state index in [2.05, 4.69) is 18.3 Å². The van der Waals surface area contributed by atoms with Gasteiger partial charge in [-0.25, -0.2) is 8.42 Å². The van der Waals surface area contributed by atoms with Crippen molar-refractivity contribution in [1.29, 1.82) is 0 Å². The van der Waals surface area contributed by atoms with Crippen LogP contribution in [0, 0.1) is 12.8 Å². The lowest BCUT2D eigenvalue weighted by atomic mass is 9.94. The molecule has 1 aliphatic rings. The van der Waals surface area contributed by atoms with Gasteiger partial charge in [0.1, 0.15) is 0 Å². The summed E-state index contributed by atoms with van der Waals surface area (Å²) >= 11 is 6.20. The summed E-state index contributed by atoms with van der Waals surface area (Å²) in [5.74, 6) is 0.920. The van der Waals surface area contributed by atoms with Gasteiger partial charge in [-0.1, -0.05) is 30.7 Å². The number of nitrogens with one attached hydrogen (secondary N) is 1. The molecule has 1 aromatic rings. The van der Waals surface area contributed by atoms with Gasteiger partial charge in [0.25, 0.3) is 0 Å². The zero-order valence-corrected chi connectivity index (χ0v) is 13.6. The molecule has 0 bridgehead atoms. The lowest BCUT2D eigenvalue weighted by Crippen LogP contribution is -2.24. The second kappa shape index (κ2) is 6.46. The third-order valence-electron chi connectivity index (χ3n) is 3.94. The summed E-state index contributed by atoms with van der Waals surface area (Å²) in [7, 11) is -2.81. The second-order valence-electron chi connectivity index (χ2n) is 5.62. The summed E-state index contributed by atoms with van der Waals surface area (Å²) in [5, 5.41) is 4.21. The standard InChI is InChI=1S/C15H22ClNO2S/c1-3-17-15(8-12-6-7-20(18,19)10-12)13-5-4-11(2)14(16)9-13/h4-5,9,12,15,17H,3,6-8,10H2,1-2H3. The Morgan fingerprint density at radius 3 is 2.75 bits per heavy atom. The van der Waals surface area contributed by atoms with Crippen LogP contribution in [-0.2, 0) is 9.84 Å². The molecule has 0 amide bonds. The Kier molecular flexibility index (Phi) is 5.10. The number of sulfone groups is 1. The Morgan fingerprint density at radius 1 is 1.45 bits per heavy atom. The maximum Gasteiger partial charge on any atom is 0.150 e. The lowest BCUT2D eigenvalue weighted by molar-refractivity contribution is 0.422. The first kappa shape index (κ1) is 15.8. The SMILES string of the molecule is CCNC(CC1CCS(=O)(=O)C1)c1ccc(C)c(Cl)c1. The van der Waals surface area contributed by atoms with E-state index in [0.717, 1.165) is 35.5 Å². The Hall–Kier alpha value is -0.580. The summed E-state index contributed by atoms with van der Waals surface area (Å²) in [6.45, 7) is 4.90. The van der Waals surface area contributed by atoms with E-state index >= 15 is 0 Å². The molecule has 0 saturated carbocycles. The Labute approximate surface area is 126 Å². The van der Waals surface area contributed by atoms with Crippen molar-refractivity contribution in [2.75, 3.05) is 18.1 Å². The Bertz CT molecular complexity index is 571. The van der Waals surface area contributed by atoms with Crippen molar-refractivity contribution in [3.05, 3.63) is 34.3 Å². The predicted molar refractivity (Wildman–Crippen MR) is 84.0 cm³/mol. The van der Waals surface area contributed by atoms with E-state index < -0.39 is 9.84 Å². The van der Waals surface area contributed by atoms with Crippen molar-refractivity contribution in [2.45, 2.75) is 32.7 Å². The molecule has 1 aliphatic heterocycles. The number of rotatable bonds is 5. The Balaban J connectivity index is 2.12. The molecule has 1 heterocycles. The number of benzene rings is 1. The third kappa shape index (κ3) is 3.96. The van der Waals surface area contributed by atoms with Crippen molar-refractivity contribution < 1.29 is 8.42 Å². The molecular weight excluding hydrogens is 294 g/mol. The minimum absolute atomic E-state index is 0.177. The fourth-order valence-electron chi connectivity index (χ4n) is 2.80. The van der Waals surface area contributed by atoms with Gasteiger partial charge in [-0.15, -0.1) is 0 Å². The normalized spacial score (nSPS) is 22.9. The number of aryl methyl sites for hydroxylation is 1. The maximum absolute atomic E-state index is 11.6. The first-order valence-electron chi connectivity index (χ1n) is 7.11. The summed E-state index contributed by atoms with van der Waals surface area (Å²) in [4.78, 5) is 0. The highest BCUT2D eigenvalue weighted by Gasteiger charge is 2.30. The molecule has 0 radical (unpaired) electrons. The molecule has 0 aromatic heterocycles. The van der Waals surface area contributed by atoms with Crippen molar-refractivity contribution >= 4 is 21.4 Å². The first-order valence-corrected chi connectivity index (χ1v) is 9.31. The van der Waals surface area contributed by atoms with Gasteiger partial charge in [-0.2, -0.15) is 0 Å². The van der Waals surface area contributed by atoms with E-state index in [1.54, 1.807) is 0 Å².